The molecule has 0 heterocycles. The highest BCUT2D eigenvalue weighted by atomic mass is 31.2. The first kappa shape index (κ1) is 21.4. The van der Waals surface area contributed by atoms with Crippen molar-refractivity contribution < 1.29 is 9.36 Å². The fourth-order valence-electron chi connectivity index (χ4n) is 3.24. The van der Waals surface area contributed by atoms with Gasteiger partial charge in [-0.05, 0) is 6.42 Å². The molecule has 3 nitrogen and oxygen atoms in total. The molecule has 1 N–H and O–H groups in total. The second-order valence-electron chi connectivity index (χ2n) is 7.04. The molecule has 0 saturated carbocycles. The molecule has 0 aliphatic heterocycles. The van der Waals surface area contributed by atoms with Crippen LogP contribution in [-0.4, -0.2) is 18.6 Å². The molecule has 0 radical (unpaired) electrons. The van der Waals surface area contributed by atoms with E-state index < -0.39 is 7.14 Å². The van der Waals surface area contributed by atoms with Crippen LogP contribution in [0.2, 0.25) is 0 Å². The summed E-state index contributed by atoms with van der Waals surface area (Å²) >= 11 is 0. The monoisotopic (exact) mass is 385 g/mol. The van der Waals surface area contributed by atoms with Crippen LogP contribution in [0.5, 0.6) is 0 Å². The third kappa shape index (κ3) is 6.99. The number of benzene rings is 2. The Morgan fingerprint density at radius 1 is 0.778 bits per heavy atom. The Morgan fingerprint density at radius 3 is 1.78 bits per heavy atom. The van der Waals surface area contributed by atoms with E-state index in [1.54, 1.807) is 0 Å². The molecule has 0 unspecified atom stereocenters. The predicted molar refractivity (Wildman–Crippen MR) is 116 cm³/mol. The van der Waals surface area contributed by atoms with Gasteiger partial charge in [0.1, 0.15) is 0 Å². The van der Waals surface area contributed by atoms with Crippen molar-refractivity contribution in [1.29, 1.82) is 0 Å². The minimum Gasteiger partial charge on any atom is -0.356 e. The minimum absolute atomic E-state index is 0.0253. The largest absolute Gasteiger partial charge is 0.356 e. The van der Waals surface area contributed by atoms with Gasteiger partial charge >= 0.3 is 0 Å². The molecule has 0 atom stereocenters. The van der Waals surface area contributed by atoms with Crippen molar-refractivity contribution in [3.63, 3.8) is 0 Å². The quantitative estimate of drug-likeness (QED) is 0.419. The summed E-state index contributed by atoms with van der Waals surface area (Å²) in [6, 6.07) is 18.7. The predicted octanol–water partition coefficient (Wildman–Crippen LogP) is 4.87. The maximum atomic E-state index is 13.8. The molecule has 2 aromatic rings. The van der Waals surface area contributed by atoms with Gasteiger partial charge in [-0.1, -0.05) is 106 Å². The molecule has 4 heteroatoms. The van der Waals surface area contributed by atoms with Gasteiger partial charge in [-0.2, -0.15) is 0 Å². The SMILES string of the molecule is CCCCCCCCCNC(=O)CP(=O)(c1ccccc1)c1ccccc1. The second kappa shape index (κ2) is 11.8. The van der Waals surface area contributed by atoms with Crippen LogP contribution in [0.15, 0.2) is 60.7 Å². The van der Waals surface area contributed by atoms with Crippen molar-refractivity contribution in [3.05, 3.63) is 60.7 Å². The Bertz CT molecular complexity index is 672. The molecule has 0 aromatic heterocycles. The Kier molecular flexibility index (Phi) is 9.35. The van der Waals surface area contributed by atoms with Crippen LogP contribution in [0.4, 0.5) is 0 Å². The summed E-state index contributed by atoms with van der Waals surface area (Å²) < 4.78 is 13.8. The second-order valence-corrected chi connectivity index (χ2v) is 9.87. The van der Waals surface area contributed by atoms with Gasteiger partial charge in [-0.15, -0.1) is 0 Å². The van der Waals surface area contributed by atoms with Gasteiger partial charge in [0.2, 0.25) is 5.91 Å². The van der Waals surface area contributed by atoms with Gasteiger partial charge in [0, 0.05) is 17.2 Å². The fourth-order valence-corrected chi connectivity index (χ4v) is 5.72. The lowest BCUT2D eigenvalue weighted by molar-refractivity contribution is -0.118. The van der Waals surface area contributed by atoms with E-state index in [-0.39, 0.29) is 12.1 Å². The molecule has 2 rings (SSSR count). The molecule has 2 aromatic carbocycles. The molecule has 0 saturated heterocycles. The van der Waals surface area contributed by atoms with Gasteiger partial charge < -0.3 is 9.88 Å². The molecule has 0 fully saturated rings. The molecule has 27 heavy (non-hydrogen) atoms. The lowest BCUT2D eigenvalue weighted by atomic mass is 10.1. The van der Waals surface area contributed by atoms with Crippen LogP contribution in [0.1, 0.15) is 51.9 Å². The third-order valence-corrected chi connectivity index (χ3v) is 7.81. The van der Waals surface area contributed by atoms with E-state index >= 15 is 0 Å². The summed E-state index contributed by atoms with van der Waals surface area (Å²) in [5.41, 5.74) is 0. The zero-order valence-electron chi connectivity index (χ0n) is 16.4. The Labute approximate surface area is 164 Å². The molecule has 0 aliphatic carbocycles. The van der Waals surface area contributed by atoms with Crippen LogP contribution < -0.4 is 15.9 Å². The molecular formula is C23H32NO2P. The zero-order valence-corrected chi connectivity index (χ0v) is 17.3. The lowest BCUT2D eigenvalue weighted by Crippen LogP contribution is -2.31. The summed E-state index contributed by atoms with van der Waals surface area (Å²) in [6.45, 7) is 2.88. The first-order valence-electron chi connectivity index (χ1n) is 10.1. The van der Waals surface area contributed by atoms with Crippen LogP contribution >= 0.6 is 7.14 Å². The summed E-state index contributed by atoms with van der Waals surface area (Å²) in [5.74, 6) is -0.128. The molecular weight excluding hydrogens is 353 g/mol. The number of nitrogens with one attached hydrogen (secondary N) is 1. The van der Waals surface area contributed by atoms with Gasteiger partial charge in [0.05, 0.1) is 6.16 Å². The van der Waals surface area contributed by atoms with Crippen molar-refractivity contribution >= 4 is 23.7 Å². The average Bonchev–Trinajstić information content (AvgIpc) is 2.71. The molecule has 0 aliphatic rings. The highest BCUT2D eigenvalue weighted by Crippen LogP contribution is 2.42. The molecule has 0 spiro atoms. The van der Waals surface area contributed by atoms with E-state index in [1.807, 2.05) is 60.7 Å². The molecule has 146 valence electrons. The maximum Gasteiger partial charge on any atom is 0.228 e. The van der Waals surface area contributed by atoms with E-state index in [2.05, 4.69) is 12.2 Å². The van der Waals surface area contributed by atoms with Gasteiger partial charge in [0.25, 0.3) is 0 Å². The smallest absolute Gasteiger partial charge is 0.228 e. The number of hydrogen-bond donors (Lipinski definition) is 1. The zero-order chi connectivity index (χ0) is 19.4. The highest BCUT2D eigenvalue weighted by molar-refractivity contribution is 7.79. The molecule has 1 amide bonds. The van der Waals surface area contributed by atoms with E-state index in [4.69, 9.17) is 0 Å². The Morgan fingerprint density at radius 2 is 1.26 bits per heavy atom. The van der Waals surface area contributed by atoms with E-state index in [0.717, 1.165) is 23.5 Å². The average molecular weight is 385 g/mol. The number of unbranched alkanes of at least 4 members (excludes halogenated alkanes) is 6. The van der Waals surface area contributed by atoms with E-state index in [0.29, 0.717) is 6.54 Å². The van der Waals surface area contributed by atoms with E-state index in [1.165, 1.54) is 32.1 Å². The highest BCUT2D eigenvalue weighted by Gasteiger charge is 2.29. The standard InChI is InChI=1S/C23H32NO2P/c1-2-3-4-5-6-7-14-19-24-23(25)20-27(26,21-15-10-8-11-16-21)22-17-12-9-13-18-22/h8-13,15-18H,2-7,14,19-20H2,1H3,(H,24,25). The number of carbonyl (C=O) groups excluding carboxylic acids is 1. The number of rotatable bonds is 12. The van der Waals surface area contributed by atoms with Crippen LogP contribution in [0, 0.1) is 0 Å². The van der Waals surface area contributed by atoms with Crippen molar-refractivity contribution in [3.8, 4) is 0 Å². The number of carbonyl (C=O) groups is 1. The summed E-state index contributed by atoms with van der Waals surface area (Å²) in [6.07, 6.45) is 8.53. The first-order valence-corrected chi connectivity index (χ1v) is 12.0. The number of hydrogen-bond acceptors (Lipinski definition) is 2. The number of amides is 1. The van der Waals surface area contributed by atoms with Crippen molar-refractivity contribution in [2.24, 2.45) is 0 Å². The fraction of sp³-hybridized carbons (Fsp3) is 0.435. The maximum absolute atomic E-state index is 13.8. The van der Waals surface area contributed by atoms with Crippen LogP contribution in [0.25, 0.3) is 0 Å². The van der Waals surface area contributed by atoms with Crippen LogP contribution in [0.3, 0.4) is 0 Å². The molecule has 0 bridgehead atoms. The van der Waals surface area contributed by atoms with E-state index in [9.17, 15) is 9.36 Å². The lowest BCUT2D eigenvalue weighted by Gasteiger charge is -2.19. The van der Waals surface area contributed by atoms with Crippen molar-refractivity contribution in [1.82, 2.24) is 5.32 Å². The topological polar surface area (TPSA) is 46.2 Å². The third-order valence-electron chi connectivity index (χ3n) is 4.82. The summed E-state index contributed by atoms with van der Waals surface area (Å²) in [7, 11) is -2.97. The summed E-state index contributed by atoms with van der Waals surface area (Å²) in [5, 5.41) is 4.45. The van der Waals surface area contributed by atoms with Gasteiger partial charge in [-0.25, -0.2) is 0 Å². The van der Waals surface area contributed by atoms with Crippen molar-refractivity contribution in [2.75, 3.05) is 12.7 Å². The van der Waals surface area contributed by atoms with Crippen LogP contribution in [-0.2, 0) is 9.36 Å². The Balaban J connectivity index is 1.89. The van der Waals surface area contributed by atoms with Gasteiger partial charge in [0.15, 0.2) is 7.14 Å². The van der Waals surface area contributed by atoms with Crippen molar-refractivity contribution in [2.45, 2.75) is 51.9 Å². The summed E-state index contributed by atoms with van der Waals surface area (Å²) in [4.78, 5) is 12.5. The Hall–Kier alpha value is -1.86. The first-order chi connectivity index (χ1) is 13.2. The minimum atomic E-state index is -2.97. The van der Waals surface area contributed by atoms with Gasteiger partial charge in [-0.3, -0.25) is 4.79 Å². The normalized spacial score (nSPS) is 11.3.